The van der Waals surface area contributed by atoms with Crippen molar-refractivity contribution in [3.8, 4) is 5.69 Å². The van der Waals surface area contributed by atoms with Crippen LogP contribution in [0.25, 0.3) is 5.69 Å². The van der Waals surface area contributed by atoms with E-state index < -0.39 is 11.9 Å². The maximum atomic E-state index is 13.1. The van der Waals surface area contributed by atoms with E-state index in [0.29, 0.717) is 24.2 Å². The van der Waals surface area contributed by atoms with Crippen molar-refractivity contribution in [1.82, 2.24) is 29.6 Å². The van der Waals surface area contributed by atoms with Crippen LogP contribution in [-0.2, 0) is 19.3 Å². The van der Waals surface area contributed by atoms with Crippen molar-refractivity contribution in [2.75, 3.05) is 18.0 Å². The highest BCUT2D eigenvalue weighted by molar-refractivity contribution is 6.30. The van der Waals surface area contributed by atoms with Gasteiger partial charge in [0.25, 0.3) is 0 Å². The van der Waals surface area contributed by atoms with E-state index in [1.54, 1.807) is 0 Å². The van der Waals surface area contributed by atoms with Crippen LogP contribution in [0.1, 0.15) is 54.5 Å². The Labute approximate surface area is 199 Å². The van der Waals surface area contributed by atoms with Crippen molar-refractivity contribution in [3.63, 3.8) is 0 Å². The molecule has 0 atom stereocenters. The van der Waals surface area contributed by atoms with Crippen molar-refractivity contribution in [2.45, 2.75) is 56.9 Å². The van der Waals surface area contributed by atoms with Crippen LogP contribution in [0.3, 0.4) is 0 Å². The number of halogens is 4. The summed E-state index contributed by atoms with van der Waals surface area (Å²) in [7, 11) is 0. The Kier molecular flexibility index (Phi) is 5.25. The second kappa shape index (κ2) is 8.20. The number of anilines is 1. The van der Waals surface area contributed by atoms with Crippen molar-refractivity contribution in [3.05, 3.63) is 58.4 Å². The molecule has 11 heteroatoms. The summed E-state index contributed by atoms with van der Waals surface area (Å²) in [5, 5.41) is 9.87. The van der Waals surface area contributed by atoms with Gasteiger partial charge in [0.2, 0.25) is 5.95 Å². The van der Waals surface area contributed by atoms with Gasteiger partial charge in [0, 0.05) is 42.8 Å². The molecule has 4 heterocycles. The van der Waals surface area contributed by atoms with E-state index in [2.05, 4.69) is 29.6 Å². The summed E-state index contributed by atoms with van der Waals surface area (Å²) in [4.78, 5) is 12.1. The van der Waals surface area contributed by atoms with E-state index in [1.165, 1.54) is 19.0 Å². The maximum absolute atomic E-state index is 13.1. The molecule has 3 aromatic rings. The van der Waals surface area contributed by atoms with E-state index in [9.17, 15) is 13.2 Å². The van der Waals surface area contributed by atoms with Crippen LogP contribution in [0.4, 0.5) is 19.1 Å². The third kappa shape index (κ3) is 4.02. The summed E-state index contributed by atoms with van der Waals surface area (Å²) in [5.74, 6) is 2.08. The van der Waals surface area contributed by atoms with Gasteiger partial charge < -0.3 is 4.90 Å². The number of hydrogen-bond donors (Lipinski definition) is 0. The zero-order chi connectivity index (χ0) is 23.4. The first-order valence-electron chi connectivity index (χ1n) is 11.5. The highest BCUT2D eigenvalue weighted by Crippen LogP contribution is 2.37. The van der Waals surface area contributed by atoms with Crippen LogP contribution in [0.15, 0.2) is 30.5 Å². The van der Waals surface area contributed by atoms with Gasteiger partial charge in [-0.1, -0.05) is 11.6 Å². The summed E-state index contributed by atoms with van der Waals surface area (Å²) in [5.41, 5.74) is 1.30. The van der Waals surface area contributed by atoms with Gasteiger partial charge in [-0.25, -0.2) is 9.97 Å². The van der Waals surface area contributed by atoms with Crippen molar-refractivity contribution in [2.24, 2.45) is 0 Å². The molecule has 2 aromatic heterocycles. The van der Waals surface area contributed by atoms with Crippen molar-refractivity contribution < 1.29 is 13.2 Å². The monoisotopic (exact) mass is 489 g/mol. The van der Waals surface area contributed by atoms with Crippen LogP contribution in [-0.4, -0.2) is 48.8 Å². The fourth-order valence-corrected chi connectivity index (χ4v) is 5.20. The van der Waals surface area contributed by atoms with Crippen LogP contribution in [0.5, 0.6) is 0 Å². The summed E-state index contributed by atoms with van der Waals surface area (Å²) in [6, 6.07) is 7.44. The lowest BCUT2D eigenvalue weighted by Crippen LogP contribution is -2.35. The van der Waals surface area contributed by atoms with Gasteiger partial charge in [-0.05, 0) is 55.5 Å². The highest BCUT2D eigenvalue weighted by Gasteiger charge is 2.36. The second-order valence-electron chi connectivity index (χ2n) is 9.22. The molecule has 0 amide bonds. The first-order valence-corrected chi connectivity index (χ1v) is 11.9. The third-order valence-electron chi connectivity index (χ3n) is 6.90. The minimum absolute atomic E-state index is 0.119. The van der Waals surface area contributed by atoms with Gasteiger partial charge in [0.15, 0.2) is 5.82 Å². The Morgan fingerprint density at radius 1 is 0.971 bits per heavy atom. The average molecular weight is 490 g/mol. The van der Waals surface area contributed by atoms with E-state index >= 15 is 0 Å². The van der Waals surface area contributed by atoms with Gasteiger partial charge >= 0.3 is 6.18 Å². The Bertz CT molecular complexity index is 1220. The van der Waals surface area contributed by atoms with Gasteiger partial charge in [-0.2, -0.15) is 13.2 Å². The van der Waals surface area contributed by atoms with Gasteiger partial charge in [0.1, 0.15) is 11.5 Å². The molecule has 0 bridgehead atoms. The van der Waals surface area contributed by atoms with Crippen LogP contribution >= 0.6 is 11.6 Å². The molecule has 178 valence electrons. The first-order chi connectivity index (χ1) is 16.4. The molecule has 0 N–H and O–H groups in total. The minimum Gasteiger partial charge on any atom is -0.341 e. The lowest BCUT2D eigenvalue weighted by atomic mass is 9.95. The lowest BCUT2D eigenvalue weighted by Gasteiger charge is -2.32. The summed E-state index contributed by atoms with van der Waals surface area (Å²) in [6.07, 6.45) is 0.545. The molecular weight excluding hydrogens is 467 g/mol. The second-order valence-corrected chi connectivity index (χ2v) is 9.66. The molecule has 1 aromatic carbocycles. The van der Waals surface area contributed by atoms with Gasteiger partial charge in [-0.15, -0.1) is 10.2 Å². The van der Waals surface area contributed by atoms with Crippen molar-refractivity contribution >= 4 is 17.5 Å². The highest BCUT2D eigenvalue weighted by atomic mass is 35.5. The topological polar surface area (TPSA) is 63.0 Å². The number of piperidine rings is 1. The van der Waals surface area contributed by atoms with E-state index in [1.807, 2.05) is 23.1 Å². The number of rotatable bonds is 3. The van der Waals surface area contributed by atoms with E-state index in [4.69, 9.17) is 11.6 Å². The Balaban J connectivity index is 1.27. The fourth-order valence-electron chi connectivity index (χ4n) is 5.01. The van der Waals surface area contributed by atoms with Gasteiger partial charge in [0.05, 0.1) is 12.2 Å². The molecule has 34 heavy (non-hydrogen) atoms. The predicted molar refractivity (Wildman–Crippen MR) is 120 cm³/mol. The maximum Gasteiger partial charge on any atom is 0.433 e. The largest absolute Gasteiger partial charge is 0.433 e. The van der Waals surface area contributed by atoms with E-state index in [-0.39, 0.29) is 11.9 Å². The predicted octanol–water partition coefficient (Wildman–Crippen LogP) is 4.59. The molecule has 6 rings (SSSR count). The molecule has 7 nitrogen and oxygen atoms in total. The van der Waals surface area contributed by atoms with Crippen molar-refractivity contribution in [1.29, 1.82) is 0 Å². The Morgan fingerprint density at radius 2 is 1.76 bits per heavy atom. The smallest absolute Gasteiger partial charge is 0.341 e. The molecule has 1 aliphatic carbocycles. The molecule has 0 spiro atoms. The summed E-state index contributed by atoms with van der Waals surface area (Å²) in [6.45, 7) is 2.67. The van der Waals surface area contributed by atoms with E-state index in [0.717, 1.165) is 54.9 Å². The van der Waals surface area contributed by atoms with Crippen LogP contribution < -0.4 is 4.90 Å². The molecule has 3 aliphatic rings. The minimum atomic E-state index is -4.49. The molecule has 0 radical (unpaired) electrons. The quantitative estimate of drug-likeness (QED) is 0.536. The normalized spacial score (nSPS) is 19.6. The molecule has 0 unspecified atom stereocenters. The lowest BCUT2D eigenvalue weighted by molar-refractivity contribution is -0.141. The zero-order valence-electron chi connectivity index (χ0n) is 18.3. The zero-order valence-corrected chi connectivity index (χ0v) is 19.1. The Hall–Kier alpha value is -2.72. The van der Waals surface area contributed by atoms with Gasteiger partial charge in [-0.3, -0.25) is 9.47 Å². The number of fused-ring (bicyclic) bond motifs is 3. The molecule has 2 fully saturated rings. The first kappa shape index (κ1) is 21.8. The number of aromatic nitrogens is 5. The SMILES string of the molecule is FC(F)(F)c1ccnc(N2CCC(c3nnc4n3-c3ccc(Cl)cc3CN(C3CC3)C4)CC2)n1. The van der Waals surface area contributed by atoms with Crippen LogP contribution in [0, 0.1) is 0 Å². The molecule has 2 aliphatic heterocycles. The number of benzene rings is 1. The summed E-state index contributed by atoms with van der Waals surface area (Å²) < 4.78 is 41.4. The number of nitrogens with zero attached hydrogens (tertiary/aromatic N) is 7. The molecule has 1 saturated heterocycles. The molecule has 1 saturated carbocycles. The standard InChI is InChI=1S/C23H23ClF3N7/c24-16-1-4-18-15(11-16)12-33(17-2-3-17)13-20-30-31-21(34(18)20)14-6-9-32(10-7-14)22-28-8-5-19(29-22)23(25,26)27/h1,4-5,8,11,14,17H,2-3,6-7,9-10,12-13H2. The molecular formula is C23H23ClF3N7. The number of alkyl halides is 3. The average Bonchev–Trinajstić information content (AvgIpc) is 3.61. The number of hydrogen-bond acceptors (Lipinski definition) is 6. The summed E-state index contributed by atoms with van der Waals surface area (Å²) >= 11 is 6.33. The fraction of sp³-hybridized carbons (Fsp3) is 0.478. The third-order valence-corrected chi connectivity index (χ3v) is 7.13. The Morgan fingerprint density at radius 3 is 2.50 bits per heavy atom. The van der Waals surface area contributed by atoms with Crippen LogP contribution in [0.2, 0.25) is 5.02 Å².